The lowest BCUT2D eigenvalue weighted by Gasteiger charge is -1.88. The Hall–Kier alpha value is 0.400. The molecule has 0 aromatic heterocycles. The first-order chi connectivity index (χ1) is 5.95. The van der Waals surface area contributed by atoms with Crippen LogP contribution in [0.4, 0.5) is 0 Å². The van der Waals surface area contributed by atoms with Gasteiger partial charge in [0.1, 0.15) is 10.1 Å². The lowest BCUT2D eigenvalue weighted by Crippen LogP contribution is -1.77. The minimum atomic E-state index is 0.901. The van der Waals surface area contributed by atoms with Crippen molar-refractivity contribution in [3.8, 4) is 0 Å². The van der Waals surface area contributed by atoms with E-state index in [1.807, 2.05) is 10.8 Å². The number of rotatable bonds is 2. The van der Waals surface area contributed by atoms with Gasteiger partial charge in [-0.15, -0.1) is 10.2 Å². The monoisotopic (exact) mass is 236 g/mol. The second kappa shape index (κ2) is 4.58. The Morgan fingerprint density at radius 1 is 0.917 bits per heavy atom. The molecule has 12 heavy (non-hydrogen) atoms. The van der Waals surface area contributed by atoms with Crippen LogP contribution in [0.2, 0.25) is 0 Å². The van der Waals surface area contributed by atoms with Crippen molar-refractivity contribution in [2.24, 2.45) is 10.2 Å². The summed E-state index contributed by atoms with van der Waals surface area (Å²) in [6.07, 6.45) is 0. The van der Waals surface area contributed by atoms with Crippen molar-refractivity contribution in [3.63, 3.8) is 0 Å². The van der Waals surface area contributed by atoms with E-state index in [-0.39, 0.29) is 0 Å². The second-order valence-corrected chi connectivity index (χ2v) is 5.24. The third kappa shape index (κ3) is 2.44. The minimum Gasteiger partial charge on any atom is -0.198 e. The first-order valence-electron chi connectivity index (χ1n) is 2.92. The topological polar surface area (TPSA) is 48.8 Å². The fourth-order valence-corrected chi connectivity index (χ4v) is 3.10. The molecule has 0 amide bonds. The fraction of sp³-hybridized carbons (Fsp3) is 0. The standard InChI is InChI=1S/C4H4N4S4/c1-3(11-7-9-1)5-6-4-2-10-8-12-4/h1-2,7-8H. The van der Waals surface area contributed by atoms with Crippen molar-refractivity contribution in [2.75, 3.05) is 0 Å². The van der Waals surface area contributed by atoms with Crippen LogP contribution in [0, 0.1) is 0 Å². The molecular weight excluding hydrogens is 232 g/mol. The van der Waals surface area contributed by atoms with Gasteiger partial charge in [-0.1, -0.05) is 0 Å². The molecule has 0 aromatic carbocycles. The van der Waals surface area contributed by atoms with Crippen LogP contribution in [0.3, 0.4) is 0 Å². The van der Waals surface area contributed by atoms with Gasteiger partial charge in [0.2, 0.25) is 0 Å². The zero-order chi connectivity index (χ0) is 8.23. The molecule has 2 N–H and O–H groups in total. The molecule has 0 atom stereocenters. The Balaban J connectivity index is 1.92. The van der Waals surface area contributed by atoms with Crippen molar-refractivity contribution >= 4 is 47.8 Å². The molecule has 2 aliphatic rings. The first-order valence-corrected chi connectivity index (χ1v) is 6.31. The summed E-state index contributed by atoms with van der Waals surface area (Å²) in [5.74, 6) is 0. The highest BCUT2D eigenvalue weighted by Gasteiger charge is 2.06. The molecule has 0 saturated carbocycles. The molecular formula is C4H4N4S4. The maximum atomic E-state index is 4.03. The van der Waals surface area contributed by atoms with Gasteiger partial charge in [0.15, 0.2) is 0 Å². The first kappa shape index (κ1) is 8.97. The van der Waals surface area contributed by atoms with Gasteiger partial charge in [-0.05, 0) is 47.8 Å². The van der Waals surface area contributed by atoms with Crippen LogP contribution in [0.1, 0.15) is 0 Å². The van der Waals surface area contributed by atoms with Gasteiger partial charge in [-0.25, -0.2) is 0 Å². The zero-order valence-corrected chi connectivity index (χ0v) is 8.95. The molecule has 64 valence electrons. The van der Waals surface area contributed by atoms with Gasteiger partial charge >= 0.3 is 0 Å². The molecule has 0 saturated heterocycles. The number of nitrogens with zero attached hydrogens (tertiary/aromatic N) is 2. The summed E-state index contributed by atoms with van der Waals surface area (Å²) in [4.78, 5) is 0. The summed E-state index contributed by atoms with van der Waals surface area (Å²) in [5, 5.41) is 13.7. The lowest BCUT2D eigenvalue weighted by atomic mass is 11.0. The molecule has 4 nitrogen and oxygen atoms in total. The van der Waals surface area contributed by atoms with E-state index >= 15 is 0 Å². The van der Waals surface area contributed by atoms with Crippen molar-refractivity contribution in [3.05, 3.63) is 20.9 Å². The van der Waals surface area contributed by atoms with E-state index in [0.29, 0.717) is 0 Å². The van der Waals surface area contributed by atoms with Crippen LogP contribution in [0.25, 0.3) is 0 Å². The average molecular weight is 236 g/mol. The fourth-order valence-electron chi connectivity index (χ4n) is 0.517. The maximum absolute atomic E-state index is 4.03. The molecule has 0 aromatic rings. The van der Waals surface area contributed by atoms with E-state index in [1.54, 1.807) is 0 Å². The van der Waals surface area contributed by atoms with E-state index in [9.17, 15) is 0 Å². The van der Waals surface area contributed by atoms with Gasteiger partial charge in [-0.3, -0.25) is 0 Å². The third-order valence-electron chi connectivity index (χ3n) is 0.955. The highest BCUT2D eigenvalue weighted by Crippen LogP contribution is 2.31. The Labute approximate surface area is 87.0 Å². The van der Waals surface area contributed by atoms with Crippen molar-refractivity contribution < 1.29 is 0 Å². The van der Waals surface area contributed by atoms with Crippen LogP contribution >= 0.6 is 47.8 Å². The Kier molecular flexibility index (Phi) is 3.43. The van der Waals surface area contributed by atoms with Crippen molar-refractivity contribution in [1.82, 2.24) is 8.25 Å². The Morgan fingerprint density at radius 2 is 1.42 bits per heavy atom. The van der Waals surface area contributed by atoms with Crippen LogP contribution in [-0.2, 0) is 0 Å². The van der Waals surface area contributed by atoms with Gasteiger partial charge in [0.05, 0.1) is 0 Å². The molecule has 0 aliphatic carbocycles. The van der Waals surface area contributed by atoms with Crippen LogP contribution in [-0.4, -0.2) is 0 Å². The average Bonchev–Trinajstić information content (AvgIpc) is 2.74. The van der Waals surface area contributed by atoms with Gasteiger partial charge in [0.25, 0.3) is 0 Å². The Morgan fingerprint density at radius 3 is 1.75 bits per heavy atom. The minimum absolute atomic E-state index is 0.901. The normalized spacial score (nSPS) is 23.3. The number of azo groups is 1. The zero-order valence-electron chi connectivity index (χ0n) is 5.68. The summed E-state index contributed by atoms with van der Waals surface area (Å²) >= 11 is 5.98. The summed E-state index contributed by atoms with van der Waals surface area (Å²) in [7, 11) is 0. The molecule has 0 spiro atoms. The van der Waals surface area contributed by atoms with E-state index in [1.165, 1.54) is 47.8 Å². The molecule has 0 unspecified atom stereocenters. The molecule has 0 fully saturated rings. The van der Waals surface area contributed by atoms with Crippen LogP contribution < -0.4 is 8.25 Å². The van der Waals surface area contributed by atoms with Gasteiger partial charge < -0.3 is 0 Å². The lowest BCUT2D eigenvalue weighted by molar-refractivity contribution is 1.20. The predicted molar refractivity (Wildman–Crippen MR) is 57.7 cm³/mol. The van der Waals surface area contributed by atoms with E-state index in [0.717, 1.165) is 10.1 Å². The molecule has 2 rings (SSSR count). The number of hydrogen-bond acceptors (Lipinski definition) is 8. The van der Waals surface area contributed by atoms with Crippen LogP contribution in [0.5, 0.6) is 0 Å². The highest BCUT2D eigenvalue weighted by molar-refractivity contribution is 8.19. The van der Waals surface area contributed by atoms with E-state index < -0.39 is 0 Å². The van der Waals surface area contributed by atoms with Crippen molar-refractivity contribution in [1.29, 1.82) is 0 Å². The number of nitrogens with one attached hydrogen (secondary N) is 2. The third-order valence-corrected chi connectivity index (χ3v) is 4.19. The molecule has 2 aliphatic heterocycles. The largest absolute Gasteiger partial charge is 0.198 e. The SMILES string of the molecule is C1=C(N=NC2=CSNS2)SNS1. The van der Waals surface area contributed by atoms with Crippen LogP contribution in [0.15, 0.2) is 31.1 Å². The Bertz CT molecular complexity index is 234. The molecule has 2 heterocycles. The maximum Gasteiger partial charge on any atom is 0.142 e. The van der Waals surface area contributed by atoms with E-state index in [2.05, 4.69) is 18.5 Å². The second-order valence-electron chi connectivity index (χ2n) is 1.72. The molecule has 0 bridgehead atoms. The summed E-state index contributed by atoms with van der Waals surface area (Å²) in [5.41, 5.74) is 0. The smallest absolute Gasteiger partial charge is 0.142 e. The van der Waals surface area contributed by atoms with Crippen molar-refractivity contribution in [2.45, 2.75) is 0 Å². The predicted octanol–water partition coefficient (Wildman–Crippen LogP) is 2.84. The summed E-state index contributed by atoms with van der Waals surface area (Å²) in [6.45, 7) is 0. The quantitative estimate of drug-likeness (QED) is 0.568. The number of hydrogen-bond donors (Lipinski definition) is 2. The van der Waals surface area contributed by atoms with Gasteiger partial charge in [0, 0.05) is 10.8 Å². The molecule has 8 heteroatoms. The molecule has 0 radical (unpaired) electrons. The highest BCUT2D eigenvalue weighted by atomic mass is 32.2. The summed E-state index contributed by atoms with van der Waals surface area (Å²) < 4.78 is 5.98. The summed E-state index contributed by atoms with van der Waals surface area (Å²) in [6, 6.07) is 0. The van der Waals surface area contributed by atoms with E-state index in [4.69, 9.17) is 0 Å². The van der Waals surface area contributed by atoms with Gasteiger partial charge in [-0.2, -0.15) is 8.25 Å².